The fourth-order valence-electron chi connectivity index (χ4n) is 9.13. The molecular weight excluding hydrogens is 681 g/mol. The van der Waals surface area contributed by atoms with Gasteiger partial charge in [0, 0.05) is 43.4 Å². The summed E-state index contributed by atoms with van der Waals surface area (Å²) in [5.74, 6) is 0. The third kappa shape index (κ3) is 4.41. The molecule has 12 rings (SSSR count). The number of fused-ring (bicyclic) bond motifs is 12. The van der Waals surface area contributed by atoms with E-state index in [9.17, 15) is 0 Å². The summed E-state index contributed by atoms with van der Waals surface area (Å²) in [6, 6.07) is 67.6. The van der Waals surface area contributed by atoms with E-state index in [0.29, 0.717) is 0 Å². The first-order chi connectivity index (χ1) is 27.8. The minimum atomic E-state index is 0.850. The second-order valence-electron chi connectivity index (χ2n) is 14.5. The molecule has 56 heavy (non-hydrogen) atoms. The molecule has 0 saturated carbocycles. The lowest BCUT2D eigenvalue weighted by atomic mass is 9.98. The molecule has 0 radical (unpaired) electrons. The fraction of sp³-hybridized carbons (Fsp3) is 0. The molecule has 9 aromatic carbocycles. The molecule has 0 unspecified atom stereocenters. The second-order valence-corrected chi connectivity index (χ2v) is 14.5. The van der Waals surface area contributed by atoms with Crippen molar-refractivity contribution in [2.45, 2.75) is 0 Å². The van der Waals surface area contributed by atoms with Gasteiger partial charge in [0.1, 0.15) is 0 Å². The van der Waals surface area contributed by atoms with Gasteiger partial charge in [-0.2, -0.15) is 0 Å². The Kier molecular flexibility index (Phi) is 6.60. The van der Waals surface area contributed by atoms with Gasteiger partial charge in [-0.1, -0.05) is 152 Å². The van der Waals surface area contributed by atoms with E-state index in [2.05, 4.69) is 197 Å². The summed E-state index contributed by atoms with van der Waals surface area (Å²) >= 11 is 0. The van der Waals surface area contributed by atoms with Crippen LogP contribution < -0.4 is 0 Å². The summed E-state index contributed by atoms with van der Waals surface area (Å²) in [5, 5.41) is 9.57. The summed E-state index contributed by atoms with van der Waals surface area (Å²) in [5.41, 5.74) is 12.9. The second kappa shape index (κ2) is 12.0. The van der Waals surface area contributed by atoms with E-state index in [1.165, 1.54) is 54.4 Å². The van der Waals surface area contributed by atoms with Crippen LogP contribution in [0.3, 0.4) is 0 Å². The van der Waals surface area contributed by atoms with Crippen molar-refractivity contribution in [1.29, 1.82) is 0 Å². The van der Waals surface area contributed by atoms with E-state index < -0.39 is 0 Å². The summed E-state index contributed by atoms with van der Waals surface area (Å²) in [7, 11) is 0. The predicted molar refractivity (Wildman–Crippen MR) is 234 cm³/mol. The van der Waals surface area contributed by atoms with Crippen LogP contribution in [-0.2, 0) is 0 Å². The molecule has 0 aliphatic heterocycles. The number of rotatable bonds is 4. The molecule has 0 N–H and O–H groups in total. The van der Waals surface area contributed by atoms with Gasteiger partial charge in [-0.25, -0.2) is 4.98 Å². The van der Waals surface area contributed by atoms with Gasteiger partial charge in [0.25, 0.3) is 0 Å². The standard InChI is InChI=1S/C52H32N4/c1-3-20-41-35(14-1)36-15-2-4-21-42(36)52-51(41)53-32-43(54-52)33-28-30-34(31-29-33)50-48(55-44-22-9-5-16-37(44)38-17-6-10-23-45(38)55)26-13-27-49(50)56-46-24-11-7-18-39(46)40-19-8-12-25-47(40)56/h1-32H. The van der Waals surface area contributed by atoms with Gasteiger partial charge in [0.15, 0.2) is 0 Å². The van der Waals surface area contributed by atoms with Crippen LogP contribution in [0.25, 0.3) is 110 Å². The summed E-state index contributed by atoms with van der Waals surface area (Å²) < 4.78 is 4.88. The first-order valence-corrected chi connectivity index (χ1v) is 19.1. The fourth-order valence-corrected chi connectivity index (χ4v) is 9.13. The monoisotopic (exact) mass is 712 g/mol. The third-order valence-electron chi connectivity index (χ3n) is 11.6. The summed E-state index contributed by atoms with van der Waals surface area (Å²) in [6.45, 7) is 0. The van der Waals surface area contributed by atoms with E-state index in [1.54, 1.807) is 0 Å². The van der Waals surface area contributed by atoms with Gasteiger partial charge in [-0.05, 0) is 52.7 Å². The van der Waals surface area contributed by atoms with Crippen LogP contribution in [0.1, 0.15) is 0 Å². The maximum absolute atomic E-state index is 5.31. The average Bonchev–Trinajstić information content (AvgIpc) is 3.79. The Morgan fingerprint density at radius 3 is 1.14 bits per heavy atom. The predicted octanol–water partition coefficient (Wildman–Crippen LogP) is 13.5. The molecule has 0 bridgehead atoms. The van der Waals surface area contributed by atoms with Crippen LogP contribution in [0.5, 0.6) is 0 Å². The number of hydrogen-bond acceptors (Lipinski definition) is 2. The van der Waals surface area contributed by atoms with Crippen LogP contribution in [-0.4, -0.2) is 19.1 Å². The molecule has 0 atom stereocenters. The number of benzene rings is 9. The maximum atomic E-state index is 5.31. The lowest BCUT2D eigenvalue weighted by molar-refractivity contribution is 1.14. The quantitative estimate of drug-likeness (QED) is 0.170. The van der Waals surface area contributed by atoms with E-state index >= 15 is 0 Å². The van der Waals surface area contributed by atoms with Crippen molar-refractivity contribution in [3.63, 3.8) is 0 Å². The van der Waals surface area contributed by atoms with Gasteiger partial charge >= 0.3 is 0 Å². The SMILES string of the molecule is c1cc(-n2c3ccccc3c3ccccc32)c(-c2ccc(-c3cnc4c5ccccc5c5ccccc5c4n3)cc2)c(-n2c3ccccc3c3ccccc32)c1. The Balaban J connectivity index is 1.11. The molecule has 0 saturated heterocycles. The molecular formula is C52H32N4. The van der Waals surface area contributed by atoms with Gasteiger partial charge in [0.05, 0.1) is 56.4 Å². The lowest BCUT2D eigenvalue weighted by Crippen LogP contribution is -2.03. The van der Waals surface area contributed by atoms with Crippen molar-refractivity contribution in [2.75, 3.05) is 0 Å². The topological polar surface area (TPSA) is 35.6 Å². The van der Waals surface area contributed by atoms with Gasteiger partial charge in [-0.3, -0.25) is 4.98 Å². The average molecular weight is 713 g/mol. The van der Waals surface area contributed by atoms with E-state index in [-0.39, 0.29) is 0 Å². The zero-order chi connectivity index (χ0) is 36.7. The Morgan fingerprint density at radius 2 is 0.679 bits per heavy atom. The smallest absolute Gasteiger partial charge is 0.0979 e. The number of nitrogens with zero attached hydrogens (tertiary/aromatic N) is 4. The largest absolute Gasteiger partial charge is 0.309 e. The van der Waals surface area contributed by atoms with E-state index in [0.717, 1.165) is 55.6 Å². The number of aromatic nitrogens is 4. The van der Waals surface area contributed by atoms with Crippen molar-refractivity contribution >= 4 is 76.2 Å². The van der Waals surface area contributed by atoms with Crippen LogP contribution in [0.2, 0.25) is 0 Å². The first kappa shape index (κ1) is 30.9. The molecule has 12 aromatic rings. The van der Waals surface area contributed by atoms with Crippen molar-refractivity contribution < 1.29 is 0 Å². The molecule has 260 valence electrons. The lowest BCUT2D eigenvalue weighted by Gasteiger charge is -2.20. The van der Waals surface area contributed by atoms with Crippen molar-refractivity contribution in [3.05, 3.63) is 194 Å². The zero-order valence-corrected chi connectivity index (χ0v) is 30.3. The number of hydrogen-bond donors (Lipinski definition) is 0. The molecule has 0 aliphatic rings. The number of para-hydroxylation sites is 4. The van der Waals surface area contributed by atoms with Gasteiger partial charge in [-0.15, -0.1) is 0 Å². The van der Waals surface area contributed by atoms with E-state index in [4.69, 9.17) is 9.97 Å². The Hall–Kier alpha value is -7.56. The molecule has 0 aliphatic carbocycles. The molecule has 3 heterocycles. The summed E-state index contributed by atoms with van der Waals surface area (Å²) in [6.07, 6.45) is 1.92. The van der Waals surface area contributed by atoms with Crippen LogP contribution in [0, 0.1) is 0 Å². The highest BCUT2D eigenvalue weighted by Gasteiger charge is 2.22. The highest BCUT2D eigenvalue weighted by Crippen LogP contribution is 2.42. The third-order valence-corrected chi connectivity index (χ3v) is 11.6. The molecule has 3 aromatic heterocycles. The molecule has 4 heteroatoms. The molecule has 0 fully saturated rings. The maximum Gasteiger partial charge on any atom is 0.0979 e. The Morgan fingerprint density at radius 1 is 0.304 bits per heavy atom. The van der Waals surface area contributed by atoms with Crippen molar-refractivity contribution in [2.24, 2.45) is 0 Å². The molecule has 0 spiro atoms. The summed E-state index contributed by atoms with van der Waals surface area (Å²) in [4.78, 5) is 10.4. The highest BCUT2D eigenvalue weighted by atomic mass is 15.0. The minimum Gasteiger partial charge on any atom is -0.309 e. The van der Waals surface area contributed by atoms with Crippen LogP contribution in [0.15, 0.2) is 194 Å². The first-order valence-electron chi connectivity index (χ1n) is 19.1. The molecule has 4 nitrogen and oxygen atoms in total. The molecule has 0 amide bonds. The van der Waals surface area contributed by atoms with Crippen molar-refractivity contribution in [1.82, 2.24) is 19.1 Å². The Labute approximate surface area is 322 Å². The Bertz CT molecular complexity index is 3260. The van der Waals surface area contributed by atoms with E-state index in [1.807, 2.05) is 6.20 Å². The zero-order valence-electron chi connectivity index (χ0n) is 30.3. The van der Waals surface area contributed by atoms with Gasteiger partial charge in [0.2, 0.25) is 0 Å². The highest BCUT2D eigenvalue weighted by molar-refractivity contribution is 6.23. The normalized spacial score (nSPS) is 11.9. The minimum absolute atomic E-state index is 0.850. The van der Waals surface area contributed by atoms with Crippen LogP contribution in [0.4, 0.5) is 0 Å². The van der Waals surface area contributed by atoms with Gasteiger partial charge < -0.3 is 9.13 Å². The van der Waals surface area contributed by atoms with Crippen molar-refractivity contribution in [3.8, 4) is 33.8 Å². The van der Waals surface area contributed by atoms with Crippen LogP contribution >= 0.6 is 0 Å².